The van der Waals surface area contributed by atoms with Gasteiger partial charge in [-0.1, -0.05) is 31.2 Å². The summed E-state index contributed by atoms with van der Waals surface area (Å²) in [5.74, 6) is 1.04. The maximum Gasteiger partial charge on any atom is 0.138 e. The van der Waals surface area contributed by atoms with E-state index in [-0.39, 0.29) is 6.04 Å². The molecule has 0 saturated heterocycles. The van der Waals surface area contributed by atoms with E-state index in [2.05, 4.69) is 71.7 Å². The van der Waals surface area contributed by atoms with Gasteiger partial charge in [-0.25, -0.2) is 9.67 Å². The number of ether oxygens (including phenoxy) is 1. The summed E-state index contributed by atoms with van der Waals surface area (Å²) >= 11 is 0. The number of nitrogens with zero attached hydrogens (tertiary/aromatic N) is 3. The highest BCUT2D eigenvalue weighted by atomic mass is 16.5. The molecule has 0 aliphatic carbocycles. The van der Waals surface area contributed by atoms with Crippen molar-refractivity contribution >= 4 is 0 Å². The van der Waals surface area contributed by atoms with E-state index < -0.39 is 0 Å². The van der Waals surface area contributed by atoms with Gasteiger partial charge in [0.25, 0.3) is 0 Å². The number of rotatable bonds is 6. The minimum atomic E-state index is 0.259. The summed E-state index contributed by atoms with van der Waals surface area (Å²) in [6.07, 6.45) is 5.31. The molecule has 134 valence electrons. The van der Waals surface area contributed by atoms with Crippen molar-refractivity contribution < 1.29 is 4.74 Å². The molecule has 2 aromatic carbocycles. The van der Waals surface area contributed by atoms with Gasteiger partial charge in [0, 0.05) is 18.5 Å². The first-order valence-corrected chi connectivity index (χ1v) is 9.21. The summed E-state index contributed by atoms with van der Waals surface area (Å²) in [6.45, 7) is 5.24. The first kappa shape index (κ1) is 16.8. The Labute approximate surface area is 154 Å². The fourth-order valence-electron chi connectivity index (χ4n) is 3.53. The van der Waals surface area contributed by atoms with Crippen LogP contribution in [0.4, 0.5) is 0 Å². The molecule has 0 radical (unpaired) electrons. The molecule has 2 atom stereocenters. The lowest BCUT2D eigenvalue weighted by molar-refractivity contribution is 0.356. The summed E-state index contributed by atoms with van der Waals surface area (Å²) in [7, 11) is 0. The Balaban J connectivity index is 1.48. The van der Waals surface area contributed by atoms with Crippen molar-refractivity contribution in [3.8, 4) is 11.4 Å². The van der Waals surface area contributed by atoms with Crippen molar-refractivity contribution in [2.75, 3.05) is 6.61 Å². The van der Waals surface area contributed by atoms with Crippen LogP contribution >= 0.6 is 0 Å². The Morgan fingerprint density at radius 1 is 1.15 bits per heavy atom. The Morgan fingerprint density at radius 2 is 1.96 bits per heavy atom. The lowest BCUT2D eigenvalue weighted by Crippen LogP contribution is -2.24. The van der Waals surface area contributed by atoms with Gasteiger partial charge in [-0.05, 0) is 48.2 Å². The van der Waals surface area contributed by atoms with Gasteiger partial charge in [-0.3, -0.25) is 0 Å². The third-order valence-corrected chi connectivity index (χ3v) is 5.05. The van der Waals surface area contributed by atoms with Crippen LogP contribution in [0.15, 0.2) is 55.1 Å². The molecule has 4 rings (SSSR count). The van der Waals surface area contributed by atoms with E-state index in [0.717, 1.165) is 30.9 Å². The van der Waals surface area contributed by atoms with Crippen molar-refractivity contribution in [2.45, 2.75) is 38.8 Å². The Kier molecular flexibility index (Phi) is 4.71. The van der Waals surface area contributed by atoms with Crippen molar-refractivity contribution in [3.05, 3.63) is 71.8 Å². The molecule has 0 bridgehead atoms. The minimum absolute atomic E-state index is 0.259. The molecule has 3 aromatic rings. The molecular formula is C21H24N4O. The molecule has 2 heterocycles. The zero-order valence-corrected chi connectivity index (χ0v) is 15.2. The lowest BCUT2D eigenvalue weighted by atomic mass is 9.98. The maximum atomic E-state index is 5.63. The molecule has 1 N–H and O–H groups in total. The first-order valence-electron chi connectivity index (χ1n) is 9.21. The second-order valence-corrected chi connectivity index (χ2v) is 6.75. The highest BCUT2D eigenvalue weighted by Gasteiger charge is 2.18. The molecule has 5 nitrogen and oxygen atoms in total. The second kappa shape index (κ2) is 7.30. The van der Waals surface area contributed by atoms with Crippen LogP contribution in [0.25, 0.3) is 5.69 Å². The first-order chi connectivity index (χ1) is 12.7. The molecule has 0 fully saturated rings. The van der Waals surface area contributed by atoms with Gasteiger partial charge >= 0.3 is 0 Å². The van der Waals surface area contributed by atoms with Crippen LogP contribution in [-0.4, -0.2) is 21.4 Å². The molecule has 26 heavy (non-hydrogen) atoms. The minimum Gasteiger partial charge on any atom is -0.493 e. The number of hydrogen-bond acceptors (Lipinski definition) is 4. The molecule has 1 aromatic heterocycles. The lowest BCUT2D eigenvalue weighted by Gasteiger charge is -2.23. The largest absolute Gasteiger partial charge is 0.493 e. The zero-order valence-electron chi connectivity index (χ0n) is 15.2. The summed E-state index contributed by atoms with van der Waals surface area (Å²) < 4.78 is 7.39. The smallest absolute Gasteiger partial charge is 0.138 e. The van der Waals surface area contributed by atoms with Gasteiger partial charge in [-0.2, -0.15) is 5.10 Å². The standard InChI is InChI=1S/C21H24N4O/c1-3-20(17-6-9-21-18(12-17)10-11-26-21)24-15(2)16-4-7-19(8-5-16)25-14-22-13-23-25/h4-9,12-15,20,24H,3,10-11H2,1-2H3. The monoisotopic (exact) mass is 348 g/mol. The summed E-state index contributed by atoms with van der Waals surface area (Å²) in [6, 6.07) is 15.6. The summed E-state index contributed by atoms with van der Waals surface area (Å²) in [5, 5.41) is 7.94. The van der Waals surface area contributed by atoms with Gasteiger partial charge in [0.2, 0.25) is 0 Å². The topological polar surface area (TPSA) is 52.0 Å². The Bertz CT molecular complexity index is 858. The molecule has 0 spiro atoms. The van der Waals surface area contributed by atoms with Crippen LogP contribution in [-0.2, 0) is 6.42 Å². The molecule has 0 saturated carbocycles. The average molecular weight is 348 g/mol. The van der Waals surface area contributed by atoms with Gasteiger partial charge in [0.1, 0.15) is 18.4 Å². The maximum absolute atomic E-state index is 5.63. The van der Waals surface area contributed by atoms with Crippen LogP contribution in [0.2, 0.25) is 0 Å². The fraction of sp³-hybridized carbons (Fsp3) is 0.333. The van der Waals surface area contributed by atoms with E-state index in [9.17, 15) is 0 Å². The van der Waals surface area contributed by atoms with Crippen LogP contribution in [0, 0.1) is 0 Å². The van der Waals surface area contributed by atoms with E-state index >= 15 is 0 Å². The predicted molar refractivity (Wildman–Crippen MR) is 102 cm³/mol. The normalized spacial score (nSPS) is 15.3. The van der Waals surface area contributed by atoms with E-state index in [4.69, 9.17) is 4.74 Å². The third-order valence-electron chi connectivity index (χ3n) is 5.05. The van der Waals surface area contributed by atoms with Crippen molar-refractivity contribution in [3.63, 3.8) is 0 Å². The average Bonchev–Trinajstić information content (AvgIpc) is 3.37. The number of benzene rings is 2. The van der Waals surface area contributed by atoms with E-state index in [1.165, 1.54) is 16.7 Å². The van der Waals surface area contributed by atoms with Crippen LogP contribution in [0.3, 0.4) is 0 Å². The second-order valence-electron chi connectivity index (χ2n) is 6.75. The van der Waals surface area contributed by atoms with Crippen molar-refractivity contribution in [1.29, 1.82) is 0 Å². The summed E-state index contributed by atoms with van der Waals surface area (Å²) in [4.78, 5) is 4.00. The number of hydrogen-bond donors (Lipinski definition) is 1. The van der Waals surface area contributed by atoms with Crippen molar-refractivity contribution in [1.82, 2.24) is 20.1 Å². The van der Waals surface area contributed by atoms with Crippen LogP contribution in [0.5, 0.6) is 5.75 Å². The molecular weight excluding hydrogens is 324 g/mol. The molecule has 0 amide bonds. The molecule has 5 heteroatoms. The van der Waals surface area contributed by atoms with Gasteiger partial charge < -0.3 is 10.1 Å². The molecule has 2 unspecified atom stereocenters. The highest BCUT2D eigenvalue weighted by Crippen LogP contribution is 2.30. The quantitative estimate of drug-likeness (QED) is 0.731. The van der Waals surface area contributed by atoms with Crippen molar-refractivity contribution in [2.24, 2.45) is 0 Å². The number of aromatic nitrogens is 3. The van der Waals surface area contributed by atoms with Crippen LogP contribution in [0.1, 0.15) is 49.0 Å². The summed E-state index contributed by atoms with van der Waals surface area (Å²) in [5.41, 5.74) is 4.94. The Morgan fingerprint density at radius 3 is 2.69 bits per heavy atom. The molecule has 1 aliphatic heterocycles. The zero-order chi connectivity index (χ0) is 17.9. The van der Waals surface area contributed by atoms with Crippen LogP contribution < -0.4 is 10.1 Å². The van der Waals surface area contributed by atoms with E-state index in [1.807, 2.05) is 0 Å². The SMILES string of the molecule is CCC(NC(C)c1ccc(-n2cncn2)cc1)c1ccc2c(c1)CCO2. The van der Waals surface area contributed by atoms with Gasteiger partial charge in [-0.15, -0.1) is 0 Å². The van der Waals surface area contributed by atoms with Gasteiger partial charge in [0.15, 0.2) is 0 Å². The molecule has 1 aliphatic rings. The van der Waals surface area contributed by atoms with E-state index in [1.54, 1.807) is 17.3 Å². The Hall–Kier alpha value is -2.66. The predicted octanol–water partition coefficient (Wildman–Crippen LogP) is 4.00. The third kappa shape index (κ3) is 3.35. The van der Waals surface area contributed by atoms with Gasteiger partial charge in [0.05, 0.1) is 12.3 Å². The number of nitrogens with one attached hydrogen (secondary N) is 1. The van der Waals surface area contributed by atoms with E-state index in [0.29, 0.717) is 6.04 Å². The fourth-order valence-corrected chi connectivity index (χ4v) is 3.53. The number of fused-ring (bicyclic) bond motifs is 1. The highest BCUT2D eigenvalue weighted by molar-refractivity contribution is 5.41.